The van der Waals surface area contributed by atoms with Gasteiger partial charge >= 0.3 is 0 Å². The first kappa shape index (κ1) is 15.0. The number of likely N-dealkylation sites (N-methyl/N-ethyl adjacent to an activating group) is 1. The van der Waals surface area contributed by atoms with E-state index in [-0.39, 0.29) is 6.04 Å². The molecule has 1 saturated carbocycles. The van der Waals surface area contributed by atoms with Crippen molar-refractivity contribution in [1.29, 1.82) is 5.26 Å². The Morgan fingerprint density at radius 3 is 2.65 bits per heavy atom. The molecule has 1 aromatic rings. The Labute approximate surface area is 122 Å². The monoisotopic (exact) mass is 271 g/mol. The predicted molar refractivity (Wildman–Crippen MR) is 82.3 cm³/mol. The molecule has 1 aliphatic rings. The lowest BCUT2D eigenvalue weighted by Gasteiger charge is -2.25. The smallest absolute Gasteiger partial charge is 0.0641 e. The minimum atomic E-state index is 0.151. The Morgan fingerprint density at radius 1 is 1.30 bits per heavy atom. The maximum Gasteiger partial charge on any atom is 0.0641 e. The molecule has 0 saturated heterocycles. The lowest BCUT2D eigenvalue weighted by molar-refractivity contribution is 0.242. The van der Waals surface area contributed by atoms with Crippen molar-refractivity contribution in [3.05, 3.63) is 35.9 Å². The summed E-state index contributed by atoms with van der Waals surface area (Å²) in [4.78, 5) is 2.47. The summed E-state index contributed by atoms with van der Waals surface area (Å²) < 4.78 is 0. The van der Waals surface area contributed by atoms with E-state index >= 15 is 0 Å². The average molecular weight is 271 g/mol. The molecule has 0 heterocycles. The van der Waals surface area contributed by atoms with E-state index in [9.17, 15) is 0 Å². The summed E-state index contributed by atoms with van der Waals surface area (Å²) in [6.45, 7) is 1.99. The molecule has 20 heavy (non-hydrogen) atoms. The van der Waals surface area contributed by atoms with Gasteiger partial charge in [-0.2, -0.15) is 5.26 Å². The summed E-state index contributed by atoms with van der Waals surface area (Å²) in [5.41, 5.74) is 1.21. The van der Waals surface area contributed by atoms with Crippen molar-refractivity contribution in [2.24, 2.45) is 0 Å². The van der Waals surface area contributed by atoms with Crippen LogP contribution in [0.15, 0.2) is 30.3 Å². The normalized spacial score (nSPS) is 17.2. The van der Waals surface area contributed by atoms with Crippen molar-refractivity contribution in [2.45, 2.75) is 44.2 Å². The summed E-state index contributed by atoms with van der Waals surface area (Å²) in [5, 5.41) is 12.5. The molecule has 0 aromatic heterocycles. The highest BCUT2D eigenvalue weighted by molar-refractivity contribution is 5.19. The van der Waals surface area contributed by atoms with Crippen LogP contribution in [0.4, 0.5) is 0 Å². The highest BCUT2D eigenvalue weighted by Crippen LogP contribution is 2.22. The molecule has 1 atom stereocenters. The van der Waals surface area contributed by atoms with Gasteiger partial charge in [0.2, 0.25) is 0 Å². The Kier molecular flexibility index (Phi) is 6.04. The maximum atomic E-state index is 8.98. The van der Waals surface area contributed by atoms with Crippen molar-refractivity contribution in [1.82, 2.24) is 10.2 Å². The average Bonchev–Trinajstić information content (AvgIpc) is 3.01. The second-order valence-corrected chi connectivity index (χ2v) is 5.70. The van der Waals surface area contributed by atoms with E-state index in [2.05, 4.69) is 35.5 Å². The van der Waals surface area contributed by atoms with Crippen LogP contribution in [0.3, 0.4) is 0 Å². The van der Waals surface area contributed by atoms with E-state index in [1.165, 1.54) is 31.2 Å². The molecule has 0 amide bonds. The van der Waals surface area contributed by atoms with Gasteiger partial charge in [0.25, 0.3) is 0 Å². The van der Waals surface area contributed by atoms with Crippen molar-refractivity contribution < 1.29 is 0 Å². The standard InChI is InChI=1S/C17H25N3/c1-20(16-9-5-6-10-16)14-13-19-17(11-12-18)15-7-3-2-4-8-15/h2-4,7-8,16-17,19H,5-6,9-11,13-14H2,1H3. The van der Waals surface area contributed by atoms with Crippen molar-refractivity contribution in [3.63, 3.8) is 0 Å². The van der Waals surface area contributed by atoms with Crippen LogP contribution in [0.1, 0.15) is 43.7 Å². The summed E-state index contributed by atoms with van der Waals surface area (Å²) in [6.07, 6.45) is 5.97. The molecular formula is C17H25N3. The van der Waals surface area contributed by atoms with Gasteiger partial charge < -0.3 is 10.2 Å². The number of rotatable bonds is 7. The third kappa shape index (κ3) is 4.33. The second-order valence-electron chi connectivity index (χ2n) is 5.70. The van der Waals surface area contributed by atoms with Crippen LogP contribution in [-0.2, 0) is 0 Å². The highest BCUT2D eigenvalue weighted by Gasteiger charge is 2.19. The zero-order chi connectivity index (χ0) is 14.2. The van der Waals surface area contributed by atoms with Gasteiger partial charge in [-0.15, -0.1) is 0 Å². The largest absolute Gasteiger partial charge is 0.308 e. The highest BCUT2D eigenvalue weighted by atomic mass is 15.1. The fourth-order valence-corrected chi connectivity index (χ4v) is 3.03. The van der Waals surface area contributed by atoms with E-state index in [4.69, 9.17) is 5.26 Å². The number of hydrogen-bond acceptors (Lipinski definition) is 3. The molecule has 1 aromatic carbocycles. The number of hydrogen-bond donors (Lipinski definition) is 1. The SMILES string of the molecule is CN(CCNC(CC#N)c1ccccc1)C1CCCC1. The first-order valence-electron chi connectivity index (χ1n) is 7.67. The van der Waals surface area contributed by atoms with Gasteiger partial charge in [0, 0.05) is 25.2 Å². The number of benzene rings is 1. The predicted octanol–water partition coefficient (Wildman–Crippen LogP) is 3.11. The van der Waals surface area contributed by atoms with Crippen LogP contribution in [0.5, 0.6) is 0 Å². The third-order valence-electron chi connectivity index (χ3n) is 4.30. The Morgan fingerprint density at radius 2 is 2.00 bits per heavy atom. The molecule has 0 aliphatic heterocycles. The van der Waals surface area contributed by atoms with Gasteiger partial charge in [-0.1, -0.05) is 43.2 Å². The number of nitrogens with one attached hydrogen (secondary N) is 1. The van der Waals surface area contributed by atoms with Crippen LogP contribution in [0.25, 0.3) is 0 Å². The molecule has 0 bridgehead atoms. The lowest BCUT2D eigenvalue weighted by Crippen LogP contribution is -2.36. The molecule has 1 unspecified atom stereocenters. The zero-order valence-corrected chi connectivity index (χ0v) is 12.4. The fraction of sp³-hybridized carbons (Fsp3) is 0.588. The van der Waals surface area contributed by atoms with Crippen molar-refractivity contribution >= 4 is 0 Å². The van der Waals surface area contributed by atoms with E-state index in [0.717, 1.165) is 19.1 Å². The quantitative estimate of drug-likeness (QED) is 0.828. The van der Waals surface area contributed by atoms with E-state index < -0.39 is 0 Å². The molecule has 0 spiro atoms. The van der Waals surface area contributed by atoms with E-state index in [1.807, 2.05) is 18.2 Å². The van der Waals surface area contributed by atoms with Crippen molar-refractivity contribution in [3.8, 4) is 6.07 Å². The molecule has 108 valence electrons. The number of nitrogens with zero attached hydrogens (tertiary/aromatic N) is 2. The van der Waals surface area contributed by atoms with Crippen LogP contribution in [0, 0.1) is 11.3 Å². The van der Waals surface area contributed by atoms with Gasteiger partial charge in [-0.3, -0.25) is 0 Å². The van der Waals surface area contributed by atoms with Crippen LogP contribution in [-0.4, -0.2) is 31.1 Å². The molecular weight excluding hydrogens is 246 g/mol. The molecule has 3 nitrogen and oxygen atoms in total. The van der Waals surface area contributed by atoms with Gasteiger partial charge in [0.1, 0.15) is 0 Å². The summed E-state index contributed by atoms with van der Waals surface area (Å²) >= 11 is 0. The minimum absolute atomic E-state index is 0.151. The van der Waals surface area contributed by atoms with E-state index in [1.54, 1.807) is 0 Å². The van der Waals surface area contributed by atoms with Crippen molar-refractivity contribution in [2.75, 3.05) is 20.1 Å². The minimum Gasteiger partial charge on any atom is -0.308 e. The Bertz CT molecular complexity index is 418. The van der Waals surface area contributed by atoms with Gasteiger partial charge in [0.05, 0.1) is 12.5 Å². The molecule has 1 fully saturated rings. The maximum absolute atomic E-state index is 8.98. The molecule has 1 aliphatic carbocycles. The van der Waals surface area contributed by atoms with Crippen LogP contribution >= 0.6 is 0 Å². The molecule has 2 rings (SSSR count). The summed E-state index contributed by atoms with van der Waals surface area (Å²) in [5.74, 6) is 0. The Balaban J connectivity index is 1.79. The molecule has 0 radical (unpaired) electrons. The van der Waals surface area contributed by atoms with Gasteiger partial charge in [-0.25, -0.2) is 0 Å². The van der Waals surface area contributed by atoms with Crippen LogP contribution < -0.4 is 5.32 Å². The van der Waals surface area contributed by atoms with E-state index in [0.29, 0.717) is 6.42 Å². The van der Waals surface area contributed by atoms with Crippen LogP contribution in [0.2, 0.25) is 0 Å². The Hall–Kier alpha value is -1.37. The number of nitriles is 1. The van der Waals surface area contributed by atoms with Gasteiger partial charge in [-0.05, 0) is 25.5 Å². The second kappa shape index (κ2) is 8.04. The summed E-state index contributed by atoms with van der Waals surface area (Å²) in [6, 6.07) is 13.5. The van der Waals surface area contributed by atoms with Gasteiger partial charge in [0.15, 0.2) is 0 Å². The lowest BCUT2D eigenvalue weighted by atomic mass is 10.0. The molecule has 1 N–H and O–H groups in total. The first-order valence-corrected chi connectivity index (χ1v) is 7.67. The topological polar surface area (TPSA) is 39.1 Å². The fourth-order valence-electron chi connectivity index (χ4n) is 3.03. The third-order valence-corrected chi connectivity index (χ3v) is 4.30. The summed E-state index contributed by atoms with van der Waals surface area (Å²) in [7, 11) is 2.22. The zero-order valence-electron chi connectivity index (χ0n) is 12.4. The molecule has 3 heteroatoms. The first-order chi connectivity index (χ1) is 9.81.